The van der Waals surface area contributed by atoms with Crippen molar-refractivity contribution in [2.45, 2.75) is 46.6 Å². The first-order valence-electron chi connectivity index (χ1n) is 5.66. The molecule has 0 aliphatic rings. The average molecular weight is 220 g/mol. The molecular weight excluding hydrogens is 192 g/mol. The van der Waals surface area contributed by atoms with E-state index in [0.29, 0.717) is 6.04 Å². The van der Waals surface area contributed by atoms with E-state index in [1.807, 2.05) is 13.8 Å². The largest absolute Gasteiger partial charge is 0.309 e. The van der Waals surface area contributed by atoms with Gasteiger partial charge in [-0.2, -0.15) is 0 Å². The van der Waals surface area contributed by atoms with Crippen molar-refractivity contribution < 1.29 is 0 Å². The summed E-state index contributed by atoms with van der Waals surface area (Å²) in [5.41, 5.74) is 0. The van der Waals surface area contributed by atoms with Gasteiger partial charge in [-0.15, -0.1) is 0 Å². The molecule has 0 saturated heterocycles. The molecule has 0 bridgehead atoms. The Morgan fingerprint density at radius 2 is 1.79 bits per heavy atom. The van der Waals surface area contributed by atoms with Crippen molar-refractivity contribution in [3.05, 3.63) is 0 Å². The van der Waals surface area contributed by atoms with Crippen molar-refractivity contribution in [2.75, 3.05) is 20.6 Å². The maximum absolute atomic E-state index is 4.09. The molecule has 88 valence electrons. The van der Waals surface area contributed by atoms with Crippen LogP contribution in [0.2, 0.25) is 0 Å². The summed E-state index contributed by atoms with van der Waals surface area (Å²) >= 11 is 4.09. The fraction of sp³-hybridized carbons (Fsp3) is 1.00. The molecule has 0 aliphatic carbocycles. The van der Waals surface area contributed by atoms with Gasteiger partial charge >= 0.3 is 0 Å². The van der Waals surface area contributed by atoms with Crippen LogP contribution in [0.15, 0.2) is 0 Å². The molecule has 0 spiro atoms. The van der Waals surface area contributed by atoms with E-state index in [1.165, 1.54) is 12.8 Å². The van der Waals surface area contributed by atoms with Crippen molar-refractivity contribution in [3.8, 4) is 0 Å². The SMILES string of the molecule is CC.CCC(CCN(C)C)C(C)NS. The maximum atomic E-state index is 4.09. The third-order valence-corrected chi connectivity index (χ3v) is 2.79. The van der Waals surface area contributed by atoms with Gasteiger partial charge in [0.15, 0.2) is 0 Å². The van der Waals surface area contributed by atoms with Crippen LogP contribution >= 0.6 is 12.8 Å². The van der Waals surface area contributed by atoms with Crippen LogP contribution in [0.5, 0.6) is 0 Å². The predicted molar refractivity (Wildman–Crippen MR) is 69.9 cm³/mol. The van der Waals surface area contributed by atoms with Gasteiger partial charge in [-0.25, -0.2) is 0 Å². The first kappa shape index (κ1) is 16.7. The highest BCUT2D eigenvalue weighted by Gasteiger charge is 2.13. The Bertz CT molecular complexity index is 107. The molecular formula is C11H28N2S. The molecule has 14 heavy (non-hydrogen) atoms. The highest BCUT2D eigenvalue weighted by atomic mass is 32.1. The highest BCUT2D eigenvalue weighted by molar-refractivity contribution is 7.78. The molecule has 0 aromatic heterocycles. The van der Waals surface area contributed by atoms with Crippen molar-refractivity contribution in [1.82, 2.24) is 9.62 Å². The third kappa shape index (κ3) is 8.85. The number of nitrogens with one attached hydrogen (secondary N) is 1. The Balaban J connectivity index is 0. The van der Waals surface area contributed by atoms with Crippen LogP contribution in [0.25, 0.3) is 0 Å². The second kappa shape index (κ2) is 11.3. The van der Waals surface area contributed by atoms with Crippen LogP contribution in [0.1, 0.15) is 40.5 Å². The van der Waals surface area contributed by atoms with E-state index < -0.39 is 0 Å². The van der Waals surface area contributed by atoms with E-state index in [1.54, 1.807) is 0 Å². The van der Waals surface area contributed by atoms with Crippen molar-refractivity contribution in [3.63, 3.8) is 0 Å². The lowest BCUT2D eigenvalue weighted by Crippen LogP contribution is -2.29. The summed E-state index contributed by atoms with van der Waals surface area (Å²) in [5, 5.41) is 0. The highest BCUT2D eigenvalue weighted by Crippen LogP contribution is 2.13. The Morgan fingerprint density at radius 3 is 2.07 bits per heavy atom. The molecule has 0 saturated carbocycles. The summed E-state index contributed by atoms with van der Waals surface area (Å²) in [6.45, 7) is 9.59. The summed E-state index contributed by atoms with van der Waals surface area (Å²) in [7, 11) is 4.23. The van der Waals surface area contributed by atoms with Crippen LogP contribution < -0.4 is 4.72 Å². The predicted octanol–water partition coefficient (Wildman–Crippen LogP) is 2.81. The topological polar surface area (TPSA) is 15.3 Å². The van der Waals surface area contributed by atoms with E-state index in [4.69, 9.17) is 0 Å². The summed E-state index contributed by atoms with van der Waals surface area (Å²) in [6, 6.07) is 0.512. The van der Waals surface area contributed by atoms with Crippen LogP contribution in [0.3, 0.4) is 0 Å². The maximum Gasteiger partial charge on any atom is 0.0169 e. The minimum absolute atomic E-state index is 0.512. The molecule has 0 aliphatic heterocycles. The van der Waals surface area contributed by atoms with Crippen molar-refractivity contribution in [2.24, 2.45) is 5.92 Å². The van der Waals surface area contributed by atoms with Gasteiger partial charge in [0.2, 0.25) is 0 Å². The summed E-state index contributed by atoms with van der Waals surface area (Å²) in [4.78, 5) is 2.23. The van der Waals surface area contributed by atoms with E-state index in [2.05, 4.69) is 50.4 Å². The zero-order chi connectivity index (χ0) is 11.6. The first-order chi connectivity index (χ1) is 6.61. The van der Waals surface area contributed by atoms with Gasteiger partial charge in [-0.1, -0.05) is 40.0 Å². The molecule has 0 heterocycles. The molecule has 2 unspecified atom stereocenters. The van der Waals surface area contributed by atoms with Gasteiger partial charge in [0, 0.05) is 6.04 Å². The Morgan fingerprint density at radius 1 is 1.29 bits per heavy atom. The molecule has 0 aromatic rings. The van der Waals surface area contributed by atoms with Gasteiger partial charge in [0.25, 0.3) is 0 Å². The van der Waals surface area contributed by atoms with Crippen LogP contribution in [0.4, 0.5) is 0 Å². The number of rotatable bonds is 6. The smallest absolute Gasteiger partial charge is 0.0169 e. The zero-order valence-corrected chi connectivity index (χ0v) is 11.6. The Labute approximate surface area is 96.0 Å². The van der Waals surface area contributed by atoms with Gasteiger partial charge in [0.05, 0.1) is 0 Å². The number of thiol groups is 1. The van der Waals surface area contributed by atoms with Gasteiger partial charge in [0.1, 0.15) is 0 Å². The zero-order valence-electron chi connectivity index (χ0n) is 10.7. The van der Waals surface area contributed by atoms with E-state index in [0.717, 1.165) is 12.5 Å². The molecule has 1 N–H and O–H groups in total. The van der Waals surface area contributed by atoms with Gasteiger partial charge < -0.3 is 4.90 Å². The normalized spacial score (nSPS) is 14.6. The molecule has 3 heteroatoms. The lowest BCUT2D eigenvalue weighted by molar-refractivity contribution is 0.313. The molecule has 0 amide bonds. The minimum Gasteiger partial charge on any atom is -0.309 e. The quantitative estimate of drug-likeness (QED) is 0.669. The van der Waals surface area contributed by atoms with Crippen molar-refractivity contribution in [1.29, 1.82) is 0 Å². The molecule has 0 radical (unpaired) electrons. The summed E-state index contributed by atoms with van der Waals surface area (Å²) in [6.07, 6.45) is 2.47. The number of nitrogens with zero attached hydrogens (tertiary/aromatic N) is 1. The molecule has 0 aromatic carbocycles. The summed E-state index contributed by atoms with van der Waals surface area (Å²) < 4.78 is 3.02. The Kier molecular flexibility index (Phi) is 13.5. The lowest BCUT2D eigenvalue weighted by atomic mass is 9.95. The Hall–Kier alpha value is 0.270. The van der Waals surface area contributed by atoms with E-state index in [9.17, 15) is 0 Å². The molecule has 0 fully saturated rings. The molecule has 2 atom stereocenters. The average Bonchev–Trinajstić information content (AvgIpc) is 2.21. The fourth-order valence-corrected chi connectivity index (χ4v) is 1.55. The fourth-order valence-electron chi connectivity index (χ4n) is 1.34. The van der Waals surface area contributed by atoms with Gasteiger partial charge in [-0.3, -0.25) is 4.72 Å². The summed E-state index contributed by atoms with van der Waals surface area (Å²) in [5.74, 6) is 0.741. The second-order valence-electron chi connectivity index (χ2n) is 3.68. The van der Waals surface area contributed by atoms with Gasteiger partial charge in [-0.05, 0) is 39.9 Å². The minimum atomic E-state index is 0.512. The molecule has 0 rings (SSSR count). The van der Waals surface area contributed by atoms with Crippen LogP contribution in [0, 0.1) is 5.92 Å². The van der Waals surface area contributed by atoms with Crippen LogP contribution in [-0.4, -0.2) is 31.6 Å². The first-order valence-corrected chi connectivity index (χ1v) is 6.10. The second-order valence-corrected chi connectivity index (χ2v) is 3.94. The van der Waals surface area contributed by atoms with Crippen LogP contribution in [-0.2, 0) is 0 Å². The monoisotopic (exact) mass is 220 g/mol. The number of hydrogen-bond acceptors (Lipinski definition) is 3. The molecule has 2 nitrogen and oxygen atoms in total. The van der Waals surface area contributed by atoms with E-state index in [-0.39, 0.29) is 0 Å². The lowest BCUT2D eigenvalue weighted by Gasteiger charge is -2.23. The standard InChI is InChI=1S/C9H22N2S.C2H6/c1-5-9(8(2)10-12)6-7-11(3)4;1-2/h8-10,12H,5-7H2,1-4H3;1-2H3. The van der Waals surface area contributed by atoms with E-state index >= 15 is 0 Å². The third-order valence-electron chi connectivity index (χ3n) is 2.38. The number of hydrogen-bond donors (Lipinski definition) is 2. The van der Waals surface area contributed by atoms with Crippen molar-refractivity contribution >= 4 is 12.8 Å².